The molecule has 1 amide bonds. The highest BCUT2D eigenvalue weighted by atomic mass is 32.2. The van der Waals surface area contributed by atoms with Gasteiger partial charge in [0, 0.05) is 10.6 Å². The Morgan fingerprint density at radius 1 is 1.15 bits per heavy atom. The summed E-state index contributed by atoms with van der Waals surface area (Å²) in [6.45, 7) is 3.96. The second kappa shape index (κ2) is 10.0. The summed E-state index contributed by atoms with van der Waals surface area (Å²) in [6, 6.07) is 12.4. The van der Waals surface area contributed by atoms with Gasteiger partial charge in [0.05, 0.1) is 11.5 Å². The van der Waals surface area contributed by atoms with Gasteiger partial charge in [-0.05, 0) is 30.9 Å². The zero-order chi connectivity index (χ0) is 19.1. The van der Waals surface area contributed by atoms with E-state index in [1.54, 1.807) is 23.1 Å². The van der Waals surface area contributed by atoms with E-state index in [2.05, 4.69) is 51.9 Å². The molecular formula is C18H18N4OS4. The molecule has 1 N–H and O–H groups in total. The maximum Gasteiger partial charge on any atom is 0.250 e. The molecule has 0 bridgehead atoms. The van der Waals surface area contributed by atoms with Gasteiger partial charge in [-0.25, -0.2) is 5.43 Å². The predicted molar refractivity (Wildman–Crippen MR) is 116 cm³/mol. The molecule has 0 aliphatic rings. The first-order valence-electron chi connectivity index (χ1n) is 8.12. The third-order valence-corrected chi connectivity index (χ3v) is 7.66. The Morgan fingerprint density at radius 3 is 2.59 bits per heavy atom. The molecule has 5 nitrogen and oxygen atoms in total. The molecule has 0 saturated carbocycles. The molecule has 0 radical (unpaired) electrons. The summed E-state index contributed by atoms with van der Waals surface area (Å²) in [7, 11) is 0. The summed E-state index contributed by atoms with van der Waals surface area (Å²) in [5.74, 6) is 0.967. The highest BCUT2D eigenvalue weighted by molar-refractivity contribution is 8.03. The number of hydrogen-bond donors (Lipinski definition) is 1. The van der Waals surface area contributed by atoms with Gasteiger partial charge in [0.1, 0.15) is 0 Å². The van der Waals surface area contributed by atoms with Crippen molar-refractivity contribution < 1.29 is 4.79 Å². The van der Waals surface area contributed by atoms with Gasteiger partial charge in [-0.3, -0.25) is 4.79 Å². The Labute approximate surface area is 174 Å². The lowest BCUT2D eigenvalue weighted by Gasteiger charge is -2.00. The smallest absolute Gasteiger partial charge is 0.250 e. The van der Waals surface area contributed by atoms with Crippen molar-refractivity contribution in [1.82, 2.24) is 15.6 Å². The third-order valence-electron chi connectivity index (χ3n) is 3.42. The number of amides is 1. The van der Waals surface area contributed by atoms with E-state index in [0.29, 0.717) is 0 Å². The summed E-state index contributed by atoms with van der Waals surface area (Å²) < 4.78 is 1.69. The van der Waals surface area contributed by atoms with Crippen LogP contribution in [0.1, 0.15) is 22.9 Å². The van der Waals surface area contributed by atoms with Crippen LogP contribution in [0, 0.1) is 6.92 Å². The monoisotopic (exact) mass is 434 g/mol. The first-order chi connectivity index (χ1) is 13.1. The Kier molecular flexibility index (Phi) is 7.45. The van der Waals surface area contributed by atoms with Gasteiger partial charge in [0.25, 0.3) is 5.91 Å². The van der Waals surface area contributed by atoms with Crippen LogP contribution in [0.4, 0.5) is 0 Å². The summed E-state index contributed by atoms with van der Waals surface area (Å²) in [4.78, 5) is 13.0. The van der Waals surface area contributed by atoms with Crippen LogP contribution in [0.3, 0.4) is 0 Å². The number of hydrogen-bond acceptors (Lipinski definition) is 8. The van der Waals surface area contributed by atoms with E-state index in [0.717, 1.165) is 25.0 Å². The number of carbonyl (C=O) groups excluding carboxylic acids is 1. The molecule has 0 saturated heterocycles. The number of aromatic nitrogens is 2. The van der Waals surface area contributed by atoms with E-state index in [1.165, 1.54) is 34.2 Å². The first kappa shape index (κ1) is 20.1. The van der Waals surface area contributed by atoms with Crippen LogP contribution >= 0.6 is 46.2 Å². The van der Waals surface area contributed by atoms with Gasteiger partial charge in [-0.1, -0.05) is 70.8 Å². The molecule has 140 valence electrons. The van der Waals surface area contributed by atoms with Gasteiger partial charge in [0.15, 0.2) is 8.68 Å². The lowest BCUT2D eigenvalue weighted by atomic mass is 10.2. The van der Waals surface area contributed by atoms with Crippen molar-refractivity contribution in [3.8, 4) is 0 Å². The fourth-order valence-electron chi connectivity index (χ4n) is 1.99. The third kappa shape index (κ3) is 6.46. The van der Waals surface area contributed by atoms with Crippen LogP contribution in [-0.4, -0.2) is 27.6 Å². The first-order valence-corrected chi connectivity index (χ1v) is 11.8. The van der Waals surface area contributed by atoms with Crippen LogP contribution in [0.15, 0.2) is 55.6 Å². The van der Waals surface area contributed by atoms with Gasteiger partial charge in [0.2, 0.25) is 0 Å². The maximum atomic E-state index is 12.0. The Morgan fingerprint density at radius 2 is 1.89 bits per heavy atom. The van der Waals surface area contributed by atoms with Gasteiger partial charge in [-0.2, -0.15) is 5.10 Å². The predicted octanol–water partition coefficient (Wildman–Crippen LogP) is 4.83. The fraction of sp³-hybridized carbons (Fsp3) is 0.222. The molecule has 3 aromatic rings. The standard InChI is InChI=1S/C18H18N4OS4/c1-12-5-7-14(8-6-12)10-25-17-21-22-18(27-17)26-11-16(23)20-19-13(2)15-4-3-9-24-15/h3-9H,10-11H2,1-2H3,(H,20,23). The molecule has 27 heavy (non-hydrogen) atoms. The summed E-state index contributed by atoms with van der Waals surface area (Å²) in [6.07, 6.45) is 0. The van der Waals surface area contributed by atoms with Crippen LogP contribution in [-0.2, 0) is 10.5 Å². The van der Waals surface area contributed by atoms with Crippen molar-refractivity contribution in [3.63, 3.8) is 0 Å². The topological polar surface area (TPSA) is 67.2 Å². The Balaban J connectivity index is 1.43. The number of nitrogens with one attached hydrogen (secondary N) is 1. The van der Waals surface area contributed by atoms with Crippen LogP contribution in [0.2, 0.25) is 0 Å². The lowest BCUT2D eigenvalue weighted by Crippen LogP contribution is -2.20. The summed E-state index contributed by atoms with van der Waals surface area (Å²) >= 11 is 6.13. The second-order valence-corrected chi connectivity index (χ2v) is 9.98. The molecule has 9 heteroatoms. The van der Waals surface area contributed by atoms with Crippen molar-refractivity contribution >= 4 is 57.8 Å². The highest BCUT2D eigenvalue weighted by Gasteiger charge is 2.09. The SMILES string of the molecule is CC(=NNC(=O)CSc1nnc(SCc2ccc(C)cc2)s1)c1cccs1. The van der Waals surface area contributed by atoms with E-state index < -0.39 is 0 Å². The summed E-state index contributed by atoms with van der Waals surface area (Å²) in [5.41, 5.74) is 5.90. The second-order valence-electron chi connectivity index (χ2n) is 5.61. The van der Waals surface area contributed by atoms with Crippen molar-refractivity contribution in [3.05, 3.63) is 57.8 Å². The number of thiophene rings is 1. The zero-order valence-corrected chi connectivity index (χ0v) is 18.1. The highest BCUT2D eigenvalue weighted by Crippen LogP contribution is 2.30. The summed E-state index contributed by atoms with van der Waals surface area (Å²) in [5, 5.41) is 14.4. The average Bonchev–Trinajstić information content (AvgIpc) is 3.36. The minimum absolute atomic E-state index is 0.153. The minimum atomic E-state index is -0.153. The average molecular weight is 435 g/mol. The molecule has 0 aliphatic heterocycles. The number of aryl methyl sites for hydroxylation is 1. The van der Waals surface area contributed by atoms with Gasteiger partial charge < -0.3 is 0 Å². The molecule has 0 aliphatic carbocycles. The van der Waals surface area contributed by atoms with Crippen molar-refractivity contribution in [2.75, 3.05) is 5.75 Å². The molecular weight excluding hydrogens is 416 g/mol. The van der Waals surface area contributed by atoms with Gasteiger partial charge >= 0.3 is 0 Å². The Bertz CT molecular complexity index is 904. The van der Waals surface area contributed by atoms with Crippen LogP contribution in [0.5, 0.6) is 0 Å². The van der Waals surface area contributed by atoms with E-state index in [1.807, 2.05) is 24.4 Å². The molecule has 2 aromatic heterocycles. The molecule has 0 fully saturated rings. The fourth-order valence-corrected chi connectivity index (χ4v) is 5.43. The number of benzene rings is 1. The maximum absolute atomic E-state index is 12.0. The van der Waals surface area contributed by atoms with Crippen LogP contribution < -0.4 is 5.43 Å². The van der Waals surface area contributed by atoms with E-state index in [4.69, 9.17) is 0 Å². The van der Waals surface area contributed by atoms with Crippen LogP contribution in [0.25, 0.3) is 0 Å². The van der Waals surface area contributed by atoms with E-state index >= 15 is 0 Å². The number of carbonyl (C=O) groups is 1. The molecule has 0 spiro atoms. The van der Waals surface area contributed by atoms with Crippen molar-refractivity contribution in [2.24, 2.45) is 5.10 Å². The van der Waals surface area contributed by atoms with E-state index in [-0.39, 0.29) is 11.7 Å². The van der Waals surface area contributed by atoms with Crippen molar-refractivity contribution in [1.29, 1.82) is 0 Å². The molecule has 3 rings (SSSR count). The van der Waals surface area contributed by atoms with Crippen molar-refractivity contribution in [2.45, 2.75) is 28.3 Å². The number of rotatable bonds is 8. The number of nitrogens with zero attached hydrogens (tertiary/aromatic N) is 3. The minimum Gasteiger partial charge on any atom is -0.272 e. The Hall–Kier alpha value is -1.68. The van der Waals surface area contributed by atoms with E-state index in [9.17, 15) is 4.79 Å². The quantitative estimate of drug-likeness (QED) is 0.312. The molecule has 0 unspecified atom stereocenters. The normalized spacial score (nSPS) is 11.6. The molecule has 0 atom stereocenters. The zero-order valence-electron chi connectivity index (χ0n) is 14.8. The number of hydrazone groups is 1. The molecule has 1 aromatic carbocycles. The largest absolute Gasteiger partial charge is 0.272 e. The number of thioether (sulfide) groups is 2. The lowest BCUT2D eigenvalue weighted by molar-refractivity contribution is -0.118. The van der Waals surface area contributed by atoms with Gasteiger partial charge in [-0.15, -0.1) is 21.5 Å². The molecule has 2 heterocycles.